The lowest BCUT2D eigenvalue weighted by molar-refractivity contribution is -0.116. The van der Waals surface area contributed by atoms with Gasteiger partial charge >= 0.3 is 0 Å². The van der Waals surface area contributed by atoms with Crippen molar-refractivity contribution in [2.24, 2.45) is 4.99 Å². The van der Waals surface area contributed by atoms with Gasteiger partial charge in [0.05, 0.1) is 19.3 Å². The summed E-state index contributed by atoms with van der Waals surface area (Å²) in [6.07, 6.45) is 2.40. The summed E-state index contributed by atoms with van der Waals surface area (Å²) in [6.45, 7) is 7.26. The van der Waals surface area contributed by atoms with Crippen LogP contribution in [0, 0.1) is 0 Å². The Kier molecular flexibility index (Phi) is 11.3. The molecule has 7 nitrogen and oxygen atoms in total. The van der Waals surface area contributed by atoms with Crippen LogP contribution in [-0.4, -0.2) is 44.7 Å². The minimum absolute atomic E-state index is 0. The zero-order valence-electron chi connectivity index (χ0n) is 19.8. The molecule has 2 aromatic rings. The Morgan fingerprint density at radius 3 is 2.76 bits per heavy atom. The van der Waals surface area contributed by atoms with E-state index in [-0.39, 0.29) is 29.9 Å². The number of ether oxygens (including phenoxy) is 1. The van der Waals surface area contributed by atoms with Gasteiger partial charge in [0.2, 0.25) is 5.91 Å². The van der Waals surface area contributed by atoms with Gasteiger partial charge in [-0.25, -0.2) is 4.99 Å². The number of amides is 1. The van der Waals surface area contributed by atoms with E-state index in [1.54, 1.807) is 7.11 Å². The number of benzene rings is 2. The van der Waals surface area contributed by atoms with E-state index < -0.39 is 0 Å². The van der Waals surface area contributed by atoms with Crippen LogP contribution in [-0.2, 0) is 11.3 Å². The second-order valence-electron chi connectivity index (χ2n) is 7.94. The van der Waals surface area contributed by atoms with Gasteiger partial charge in [0, 0.05) is 37.8 Å². The number of guanidine groups is 1. The van der Waals surface area contributed by atoms with Gasteiger partial charge < -0.3 is 25.6 Å². The maximum Gasteiger partial charge on any atom is 0.224 e. The third-order valence-electron chi connectivity index (χ3n) is 5.41. The molecule has 0 aliphatic carbocycles. The van der Waals surface area contributed by atoms with Crippen LogP contribution in [0.3, 0.4) is 0 Å². The van der Waals surface area contributed by atoms with Crippen molar-refractivity contribution in [2.75, 3.05) is 37.0 Å². The van der Waals surface area contributed by atoms with E-state index in [9.17, 15) is 4.79 Å². The van der Waals surface area contributed by atoms with E-state index in [0.717, 1.165) is 61.1 Å². The molecule has 0 radical (unpaired) electrons. The van der Waals surface area contributed by atoms with Crippen molar-refractivity contribution in [3.63, 3.8) is 0 Å². The fraction of sp³-hybridized carbons (Fsp3) is 0.440. The average Bonchev–Trinajstić information content (AvgIpc) is 3.26. The highest BCUT2D eigenvalue weighted by atomic mass is 127. The topological polar surface area (TPSA) is 78.0 Å². The number of para-hydroxylation sites is 2. The Bertz CT molecular complexity index is 921. The van der Waals surface area contributed by atoms with Crippen molar-refractivity contribution in [3.8, 4) is 5.75 Å². The number of hydrogen-bond acceptors (Lipinski definition) is 4. The number of nitrogens with zero attached hydrogens (tertiary/aromatic N) is 2. The molecule has 1 heterocycles. The van der Waals surface area contributed by atoms with Crippen LogP contribution in [0.1, 0.15) is 38.7 Å². The van der Waals surface area contributed by atoms with E-state index in [1.807, 2.05) is 49.4 Å². The Hall–Kier alpha value is -2.49. The molecule has 1 atom stereocenters. The van der Waals surface area contributed by atoms with Gasteiger partial charge in [0.25, 0.3) is 0 Å². The van der Waals surface area contributed by atoms with Crippen LogP contribution in [0.15, 0.2) is 53.5 Å². The van der Waals surface area contributed by atoms with Crippen LogP contribution in [0.2, 0.25) is 0 Å². The fourth-order valence-electron chi connectivity index (χ4n) is 3.87. The lowest BCUT2D eigenvalue weighted by Gasteiger charge is -2.22. The second kappa shape index (κ2) is 13.9. The largest absolute Gasteiger partial charge is 0.495 e. The predicted octanol–water partition coefficient (Wildman–Crippen LogP) is 4.39. The molecule has 1 saturated heterocycles. The third kappa shape index (κ3) is 8.10. The minimum atomic E-state index is 0. The first-order valence-electron chi connectivity index (χ1n) is 11.4. The number of carbonyl (C=O) groups excluding carboxylic acids is 1. The molecule has 1 fully saturated rings. The molecule has 8 heteroatoms. The summed E-state index contributed by atoms with van der Waals surface area (Å²) < 4.78 is 5.52. The number of halogens is 1. The molecule has 0 bridgehead atoms. The van der Waals surface area contributed by atoms with Gasteiger partial charge in [-0.2, -0.15) is 0 Å². The standard InChI is InChI=1S/C25H35N5O2.HI/c1-4-9-24(31)28-20-11-8-10-19(16-20)17-27-25(26-5-2)29-21-14-15-30(18-21)22-12-6-7-13-23(22)32-3;/h6-8,10-13,16,21H,4-5,9,14-15,17-18H2,1-3H3,(H,28,31)(H2,26,27,29);1H. The summed E-state index contributed by atoms with van der Waals surface area (Å²) in [4.78, 5) is 19.0. The summed E-state index contributed by atoms with van der Waals surface area (Å²) in [5.41, 5.74) is 3.00. The van der Waals surface area contributed by atoms with Gasteiger partial charge in [-0.05, 0) is 49.6 Å². The highest BCUT2D eigenvalue weighted by molar-refractivity contribution is 14.0. The molecule has 1 unspecified atom stereocenters. The maximum atomic E-state index is 11.9. The Morgan fingerprint density at radius 1 is 1.18 bits per heavy atom. The highest BCUT2D eigenvalue weighted by Gasteiger charge is 2.25. The summed E-state index contributed by atoms with van der Waals surface area (Å²) in [5.74, 6) is 1.75. The molecule has 1 aliphatic rings. The average molecular weight is 566 g/mol. The maximum absolute atomic E-state index is 11.9. The highest BCUT2D eigenvalue weighted by Crippen LogP contribution is 2.30. The number of carbonyl (C=O) groups is 1. The summed E-state index contributed by atoms with van der Waals surface area (Å²) in [5, 5.41) is 9.87. The van der Waals surface area contributed by atoms with E-state index in [4.69, 9.17) is 9.73 Å². The zero-order valence-corrected chi connectivity index (χ0v) is 22.1. The molecule has 0 saturated carbocycles. The van der Waals surface area contributed by atoms with Crippen molar-refractivity contribution in [1.82, 2.24) is 10.6 Å². The van der Waals surface area contributed by atoms with Crippen LogP contribution >= 0.6 is 24.0 Å². The number of anilines is 2. The molecule has 180 valence electrons. The number of rotatable bonds is 9. The molecule has 1 aliphatic heterocycles. The molecular formula is C25H36IN5O2. The van der Waals surface area contributed by atoms with Gasteiger partial charge in [0.1, 0.15) is 5.75 Å². The van der Waals surface area contributed by atoms with Crippen molar-refractivity contribution in [2.45, 2.75) is 45.7 Å². The molecule has 3 rings (SSSR count). The minimum Gasteiger partial charge on any atom is -0.495 e. The Balaban J connectivity index is 0.00000385. The van der Waals surface area contributed by atoms with Crippen LogP contribution in [0.25, 0.3) is 0 Å². The first-order valence-corrected chi connectivity index (χ1v) is 11.4. The third-order valence-corrected chi connectivity index (χ3v) is 5.41. The normalized spacial score (nSPS) is 15.5. The summed E-state index contributed by atoms with van der Waals surface area (Å²) in [7, 11) is 1.71. The number of aliphatic imine (C=N–C) groups is 1. The molecular weight excluding hydrogens is 529 g/mol. The first kappa shape index (κ1) is 26.8. The van der Waals surface area contributed by atoms with Crippen LogP contribution in [0.4, 0.5) is 11.4 Å². The summed E-state index contributed by atoms with van der Waals surface area (Å²) >= 11 is 0. The molecule has 2 aromatic carbocycles. The van der Waals surface area contributed by atoms with Gasteiger partial charge in [-0.3, -0.25) is 4.79 Å². The molecule has 33 heavy (non-hydrogen) atoms. The first-order chi connectivity index (χ1) is 15.6. The zero-order chi connectivity index (χ0) is 22.8. The van der Waals surface area contributed by atoms with E-state index in [1.165, 1.54) is 0 Å². The lowest BCUT2D eigenvalue weighted by atomic mass is 10.2. The number of hydrogen-bond donors (Lipinski definition) is 3. The van der Waals surface area contributed by atoms with Crippen molar-refractivity contribution in [1.29, 1.82) is 0 Å². The predicted molar refractivity (Wildman–Crippen MR) is 147 cm³/mol. The van der Waals surface area contributed by atoms with Crippen LogP contribution in [0.5, 0.6) is 5.75 Å². The summed E-state index contributed by atoms with van der Waals surface area (Å²) in [6, 6.07) is 16.3. The van der Waals surface area contributed by atoms with Gasteiger partial charge in [-0.1, -0.05) is 31.2 Å². The molecule has 0 aromatic heterocycles. The van der Waals surface area contributed by atoms with E-state index in [0.29, 0.717) is 19.0 Å². The SMILES string of the molecule is CCCC(=O)Nc1cccc(CN=C(NCC)NC2CCN(c3ccccc3OC)C2)c1.I. The van der Waals surface area contributed by atoms with E-state index in [2.05, 4.69) is 33.8 Å². The number of methoxy groups -OCH3 is 1. The van der Waals surface area contributed by atoms with Crippen LogP contribution < -0.4 is 25.6 Å². The molecule has 1 amide bonds. The number of nitrogens with one attached hydrogen (secondary N) is 3. The second-order valence-corrected chi connectivity index (χ2v) is 7.94. The van der Waals surface area contributed by atoms with Crippen molar-refractivity contribution >= 4 is 47.2 Å². The Morgan fingerprint density at radius 2 is 2.00 bits per heavy atom. The quantitative estimate of drug-likeness (QED) is 0.239. The van der Waals surface area contributed by atoms with Crippen molar-refractivity contribution < 1.29 is 9.53 Å². The van der Waals surface area contributed by atoms with Gasteiger partial charge in [0.15, 0.2) is 5.96 Å². The monoisotopic (exact) mass is 565 g/mol. The fourth-order valence-corrected chi connectivity index (χ4v) is 3.87. The Labute approximate surface area is 214 Å². The smallest absolute Gasteiger partial charge is 0.224 e. The van der Waals surface area contributed by atoms with E-state index >= 15 is 0 Å². The van der Waals surface area contributed by atoms with Gasteiger partial charge in [-0.15, -0.1) is 24.0 Å². The lowest BCUT2D eigenvalue weighted by Crippen LogP contribution is -2.44. The van der Waals surface area contributed by atoms with Crippen molar-refractivity contribution in [3.05, 3.63) is 54.1 Å². The molecule has 3 N–H and O–H groups in total. The molecule has 0 spiro atoms.